The Morgan fingerprint density at radius 1 is 1.47 bits per heavy atom. The molecule has 2 nitrogen and oxygen atoms in total. The second-order valence-electron chi connectivity index (χ2n) is 3.54. The van der Waals surface area contributed by atoms with Crippen LogP contribution in [0.5, 0.6) is 0 Å². The zero-order valence-corrected chi connectivity index (χ0v) is 11.6. The van der Waals surface area contributed by atoms with Gasteiger partial charge in [0.15, 0.2) is 0 Å². The molecule has 0 saturated heterocycles. The molecule has 1 unspecified atom stereocenters. The Balaban J connectivity index is 3.42. The van der Waals surface area contributed by atoms with Crippen molar-refractivity contribution in [2.45, 2.75) is 33.1 Å². The van der Waals surface area contributed by atoms with Crippen molar-refractivity contribution in [1.82, 2.24) is 5.32 Å². The molecule has 0 fully saturated rings. The Morgan fingerprint density at radius 2 is 2.20 bits per heavy atom. The van der Waals surface area contributed by atoms with Crippen LogP contribution in [0.1, 0.15) is 33.1 Å². The summed E-state index contributed by atoms with van der Waals surface area (Å²) in [6.45, 7) is 6.28. The number of hydrogen-bond acceptors (Lipinski definition) is 2. The molecule has 0 aliphatic carbocycles. The van der Waals surface area contributed by atoms with E-state index >= 15 is 0 Å². The van der Waals surface area contributed by atoms with Gasteiger partial charge in [0.25, 0.3) is 0 Å². The Morgan fingerprint density at radius 3 is 2.80 bits per heavy atom. The zero-order valence-electron chi connectivity index (χ0n) is 9.49. The van der Waals surface area contributed by atoms with Crippen LogP contribution in [0.2, 0.25) is 0 Å². The van der Waals surface area contributed by atoms with Crippen LogP contribution in [0.3, 0.4) is 0 Å². The van der Waals surface area contributed by atoms with E-state index in [1.807, 2.05) is 0 Å². The number of nitrogens with one attached hydrogen (secondary N) is 2. The Labute approximate surface area is 107 Å². The maximum atomic E-state index is 6.85. The lowest BCUT2D eigenvalue weighted by molar-refractivity contribution is 0.498. The number of allylic oxidation sites excluding steroid dienone is 1. The van der Waals surface area contributed by atoms with Crippen molar-refractivity contribution < 1.29 is 0 Å². The molecular weight excluding hydrogens is 299 g/mol. The summed E-state index contributed by atoms with van der Waals surface area (Å²) in [6, 6.07) is 0. The summed E-state index contributed by atoms with van der Waals surface area (Å²) in [5.41, 5.74) is 0. The first kappa shape index (κ1) is 14.7. The lowest BCUT2D eigenvalue weighted by Crippen LogP contribution is -2.17. The van der Waals surface area contributed by atoms with Gasteiger partial charge in [0, 0.05) is 6.42 Å². The quantitative estimate of drug-likeness (QED) is 0.336. The van der Waals surface area contributed by atoms with Gasteiger partial charge in [0.1, 0.15) is 0 Å². The third-order valence-electron chi connectivity index (χ3n) is 2.23. The third-order valence-corrected chi connectivity index (χ3v) is 2.88. The minimum Gasteiger partial charge on any atom is -0.306 e. The van der Waals surface area contributed by atoms with Crippen molar-refractivity contribution in [2.24, 2.45) is 5.92 Å². The smallest absolute Gasteiger partial charge is 0.0631 e. The molecule has 0 aromatic heterocycles. The number of rotatable bonds is 6. The van der Waals surface area contributed by atoms with Crippen LogP contribution < -0.4 is 5.32 Å². The van der Waals surface area contributed by atoms with E-state index in [0.29, 0.717) is 6.42 Å². The van der Waals surface area contributed by atoms with Gasteiger partial charge in [0.05, 0.1) is 10.1 Å². The van der Waals surface area contributed by atoms with E-state index in [4.69, 9.17) is 5.41 Å². The Bertz CT molecular complexity index is 269. The second kappa shape index (κ2) is 10.2. The van der Waals surface area contributed by atoms with Crippen molar-refractivity contribution >= 4 is 28.5 Å². The third kappa shape index (κ3) is 9.99. The molecule has 15 heavy (non-hydrogen) atoms. The van der Waals surface area contributed by atoms with E-state index in [1.54, 1.807) is 0 Å². The molecule has 0 radical (unpaired) electrons. The summed E-state index contributed by atoms with van der Waals surface area (Å²) in [7, 11) is 0. The van der Waals surface area contributed by atoms with Crippen molar-refractivity contribution in [3.05, 3.63) is 3.58 Å². The van der Waals surface area contributed by atoms with Crippen molar-refractivity contribution in [3.8, 4) is 11.8 Å². The minimum absolute atomic E-state index is 0.650. The lowest BCUT2D eigenvalue weighted by Gasteiger charge is -2.06. The average Bonchev–Trinajstić information content (AvgIpc) is 2.26. The fourth-order valence-electron chi connectivity index (χ4n) is 0.950. The van der Waals surface area contributed by atoms with Gasteiger partial charge in [0.2, 0.25) is 0 Å². The molecule has 2 N–H and O–H groups in total. The molecule has 0 aromatic rings. The fraction of sp³-hybridized carbons (Fsp3) is 0.667. The van der Waals surface area contributed by atoms with Gasteiger partial charge in [-0.2, -0.15) is 0 Å². The van der Waals surface area contributed by atoms with Crippen LogP contribution in [0.25, 0.3) is 0 Å². The molecule has 84 valence electrons. The molecule has 0 amide bonds. The van der Waals surface area contributed by atoms with E-state index < -0.39 is 0 Å². The van der Waals surface area contributed by atoms with Gasteiger partial charge in [-0.15, -0.1) is 0 Å². The van der Waals surface area contributed by atoms with Gasteiger partial charge in [-0.1, -0.05) is 32.1 Å². The molecule has 0 bridgehead atoms. The number of halogens is 1. The van der Waals surface area contributed by atoms with Crippen molar-refractivity contribution in [1.29, 1.82) is 5.41 Å². The van der Waals surface area contributed by atoms with E-state index in [2.05, 4.69) is 59.5 Å². The standard InChI is InChI=1S/C12H19IN2/c1-3-11(2)7-9-15-8-5-4-6-12(13)10-14/h11,14-15H,3,6-9H2,1-2H3. The molecule has 0 aliphatic heterocycles. The van der Waals surface area contributed by atoms with Crippen LogP contribution in [-0.4, -0.2) is 19.0 Å². The van der Waals surface area contributed by atoms with Gasteiger partial charge < -0.3 is 5.32 Å². The molecule has 0 heterocycles. The monoisotopic (exact) mass is 318 g/mol. The predicted octanol–water partition coefficient (Wildman–Crippen LogP) is 2.97. The highest BCUT2D eigenvalue weighted by Gasteiger charge is 1.95. The molecule has 0 spiro atoms. The van der Waals surface area contributed by atoms with Crippen molar-refractivity contribution in [3.63, 3.8) is 0 Å². The second-order valence-corrected chi connectivity index (χ2v) is 4.84. The summed E-state index contributed by atoms with van der Waals surface area (Å²) >= 11 is 2.08. The SMILES string of the molecule is CCC(C)CCNCC#CCC(I)=C=N. The molecule has 0 rings (SSSR count). The molecule has 3 heteroatoms. The molecule has 0 aromatic carbocycles. The normalized spacial score (nSPS) is 11.1. The largest absolute Gasteiger partial charge is 0.306 e. The van der Waals surface area contributed by atoms with E-state index in [0.717, 1.165) is 22.6 Å². The van der Waals surface area contributed by atoms with Crippen LogP contribution in [0.4, 0.5) is 0 Å². The van der Waals surface area contributed by atoms with Gasteiger partial charge in [-0.25, -0.2) is 0 Å². The van der Waals surface area contributed by atoms with Crippen LogP contribution in [0.15, 0.2) is 3.58 Å². The highest BCUT2D eigenvalue weighted by molar-refractivity contribution is 14.1. The van der Waals surface area contributed by atoms with Crippen LogP contribution in [0, 0.1) is 23.2 Å². The summed E-state index contributed by atoms with van der Waals surface area (Å²) < 4.78 is 0.861. The van der Waals surface area contributed by atoms with E-state index in [-0.39, 0.29) is 0 Å². The van der Waals surface area contributed by atoms with E-state index in [9.17, 15) is 0 Å². The maximum absolute atomic E-state index is 6.85. The highest BCUT2D eigenvalue weighted by Crippen LogP contribution is 2.04. The first-order chi connectivity index (χ1) is 7.20. The predicted molar refractivity (Wildman–Crippen MR) is 74.6 cm³/mol. The topological polar surface area (TPSA) is 35.9 Å². The summed E-state index contributed by atoms with van der Waals surface area (Å²) in [4.78, 5) is 0. The first-order valence-corrected chi connectivity index (χ1v) is 6.39. The Hall–Kier alpha value is -0.300. The van der Waals surface area contributed by atoms with E-state index in [1.165, 1.54) is 12.8 Å². The van der Waals surface area contributed by atoms with Crippen LogP contribution in [-0.2, 0) is 0 Å². The molecule has 0 aliphatic rings. The Kier molecular flexibility index (Phi) is 10.0. The first-order valence-electron chi connectivity index (χ1n) is 5.31. The van der Waals surface area contributed by atoms with Gasteiger partial charge >= 0.3 is 0 Å². The molecule has 1 atom stereocenters. The summed E-state index contributed by atoms with van der Waals surface area (Å²) in [6.07, 6.45) is 3.11. The van der Waals surface area contributed by atoms with Crippen molar-refractivity contribution in [2.75, 3.05) is 13.1 Å². The summed E-state index contributed by atoms with van der Waals surface area (Å²) in [5, 5.41) is 10.1. The molecular formula is C12H19IN2. The lowest BCUT2D eigenvalue weighted by atomic mass is 10.1. The summed E-state index contributed by atoms with van der Waals surface area (Å²) in [5.74, 6) is 9.15. The maximum Gasteiger partial charge on any atom is 0.0631 e. The molecule has 0 saturated carbocycles. The highest BCUT2D eigenvalue weighted by atomic mass is 127. The van der Waals surface area contributed by atoms with Gasteiger partial charge in [-0.3, -0.25) is 5.41 Å². The zero-order chi connectivity index (χ0) is 11.5. The number of hydrogen-bond donors (Lipinski definition) is 2. The van der Waals surface area contributed by atoms with Crippen LogP contribution >= 0.6 is 22.6 Å². The minimum atomic E-state index is 0.650. The average molecular weight is 318 g/mol. The van der Waals surface area contributed by atoms with Gasteiger partial charge in [-0.05, 0) is 47.3 Å². The fourth-order valence-corrected chi connectivity index (χ4v) is 1.14.